The Morgan fingerprint density at radius 2 is 1.38 bits per heavy atom. The molecule has 7 heteroatoms. The van der Waals surface area contributed by atoms with Gasteiger partial charge >= 0.3 is 6.95 Å². The first-order chi connectivity index (χ1) is 5.91. The van der Waals surface area contributed by atoms with Gasteiger partial charge in [-0.1, -0.05) is 0 Å². The van der Waals surface area contributed by atoms with Crippen LogP contribution in [-0.2, 0) is 23.1 Å². The Bertz CT molecular complexity index is 172. The van der Waals surface area contributed by atoms with Gasteiger partial charge in [0, 0.05) is 25.5 Å². The topological polar surface area (TPSA) is 54.0 Å². The Balaban J connectivity index is 4.00. The van der Waals surface area contributed by atoms with Crippen LogP contribution in [0.3, 0.4) is 0 Å². The van der Waals surface area contributed by atoms with Crippen LogP contribution in [0.1, 0.15) is 13.8 Å². The van der Waals surface area contributed by atoms with Gasteiger partial charge in [-0.2, -0.15) is 0 Å². The Hall–Kier alpha value is 0.360. The first kappa shape index (κ1) is 13.4. The predicted molar refractivity (Wildman–Crippen MR) is 48.6 cm³/mol. The second-order valence-electron chi connectivity index (χ2n) is 2.25. The summed E-state index contributed by atoms with van der Waals surface area (Å²) in [6.45, 7) is -0.513. The fraction of sp³-hybridized carbons (Fsp3) is 1.00. The molecule has 0 fully saturated rings. The zero-order chi connectivity index (χ0) is 10.5. The van der Waals surface area contributed by atoms with Gasteiger partial charge in [-0.25, -0.2) is 4.57 Å². The van der Waals surface area contributed by atoms with Crippen LogP contribution in [0.15, 0.2) is 0 Å². The molecule has 0 N–H and O–H groups in total. The van der Waals surface area contributed by atoms with Crippen molar-refractivity contribution in [3.63, 3.8) is 0 Å². The molecule has 0 aromatic heterocycles. The molecule has 0 spiro atoms. The van der Waals surface area contributed by atoms with Crippen LogP contribution in [0.5, 0.6) is 0 Å². The molecule has 0 rings (SSSR count). The molecule has 13 heavy (non-hydrogen) atoms. The lowest BCUT2D eigenvalue weighted by Crippen LogP contribution is -2.12. The van der Waals surface area contributed by atoms with Crippen LogP contribution in [0.4, 0.5) is 0 Å². The zero-order valence-electron chi connectivity index (χ0n) is 8.02. The number of halogens is 1. The number of methoxy groups -OCH3 is 2. The smallest absolute Gasteiger partial charge is 0.356 e. The van der Waals surface area contributed by atoms with Crippen molar-refractivity contribution < 1.29 is 23.1 Å². The van der Waals surface area contributed by atoms with E-state index in [4.69, 9.17) is 29.8 Å². The summed E-state index contributed by atoms with van der Waals surface area (Å²) in [5.74, 6) is 0. The van der Waals surface area contributed by atoms with Crippen LogP contribution in [-0.4, -0.2) is 26.8 Å². The molecule has 0 bridgehead atoms. The van der Waals surface area contributed by atoms with E-state index in [0.717, 1.165) is 0 Å². The van der Waals surface area contributed by atoms with Gasteiger partial charge in [-0.15, -0.1) is 0 Å². The summed E-state index contributed by atoms with van der Waals surface area (Å²) >= 11 is 5.43. The maximum atomic E-state index is 11.3. The fourth-order valence-corrected chi connectivity index (χ4v) is 2.07. The summed E-state index contributed by atoms with van der Waals surface area (Å²) in [7, 11) is 2.81. The molecule has 0 heterocycles. The van der Waals surface area contributed by atoms with E-state index in [-0.39, 0.29) is 0 Å². The summed E-state index contributed by atoms with van der Waals surface area (Å²) in [4.78, 5) is 0. The molecular weight excluding hydrogens is 218 g/mol. The van der Waals surface area contributed by atoms with Crippen LogP contribution >= 0.6 is 18.2 Å². The third-order valence-electron chi connectivity index (χ3n) is 1.21. The lowest BCUT2D eigenvalue weighted by molar-refractivity contribution is -0.0775. The van der Waals surface area contributed by atoms with Gasteiger partial charge in [-0.05, 0) is 13.8 Å². The minimum Gasteiger partial charge on any atom is -0.356 e. The maximum Gasteiger partial charge on any atom is 0.428 e. The second kappa shape index (κ2) is 5.96. The molecule has 0 aromatic rings. The molecule has 0 aliphatic carbocycles. The molecule has 0 aliphatic heterocycles. The maximum absolute atomic E-state index is 11.3. The highest BCUT2D eigenvalue weighted by Crippen LogP contribution is 2.55. The van der Waals surface area contributed by atoms with Crippen LogP contribution in [0.25, 0.3) is 0 Å². The SMILES string of the molecule is COC(C)OP(=O)(Cl)OC(C)OC. The predicted octanol–water partition coefficient (Wildman–Crippen LogP) is 2.35. The van der Waals surface area contributed by atoms with E-state index in [1.165, 1.54) is 14.2 Å². The van der Waals surface area contributed by atoms with Crippen molar-refractivity contribution in [2.24, 2.45) is 0 Å². The second-order valence-corrected chi connectivity index (χ2v) is 4.77. The van der Waals surface area contributed by atoms with E-state index in [2.05, 4.69) is 0 Å². The number of ether oxygens (including phenoxy) is 2. The van der Waals surface area contributed by atoms with Crippen LogP contribution in [0.2, 0.25) is 0 Å². The first-order valence-corrected chi connectivity index (χ1v) is 6.08. The molecule has 2 atom stereocenters. The highest BCUT2D eigenvalue weighted by molar-refractivity contribution is 7.81. The highest BCUT2D eigenvalue weighted by Gasteiger charge is 2.26. The number of hydrogen-bond acceptors (Lipinski definition) is 5. The summed E-state index contributed by atoms with van der Waals surface area (Å²) in [6.07, 6.45) is -1.38. The molecule has 5 nitrogen and oxygen atoms in total. The van der Waals surface area contributed by atoms with E-state index in [0.29, 0.717) is 0 Å². The average molecular weight is 233 g/mol. The van der Waals surface area contributed by atoms with Gasteiger partial charge in [0.05, 0.1) is 0 Å². The van der Waals surface area contributed by atoms with Crippen LogP contribution in [0, 0.1) is 0 Å². The van der Waals surface area contributed by atoms with Crippen molar-refractivity contribution >= 4 is 18.2 Å². The molecule has 2 unspecified atom stereocenters. The molecular formula is C6H14ClO5P. The van der Waals surface area contributed by atoms with Crippen LogP contribution < -0.4 is 0 Å². The van der Waals surface area contributed by atoms with Crippen molar-refractivity contribution in [2.45, 2.75) is 26.4 Å². The Morgan fingerprint density at radius 3 is 1.62 bits per heavy atom. The minimum atomic E-state index is -3.62. The minimum absolute atomic E-state index is 0.688. The average Bonchev–Trinajstić information content (AvgIpc) is 2.02. The van der Waals surface area contributed by atoms with E-state index >= 15 is 0 Å². The quantitative estimate of drug-likeness (QED) is 0.520. The molecule has 0 amide bonds. The van der Waals surface area contributed by atoms with Gasteiger partial charge in [-0.3, -0.25) is 9.05 Å². The van der Waals surface area contributed by atoms with Crippen molar-refractivity contribution in [1.29, 1.82) is 0 Å². The van der Waals surface area contributed by atoms with E-state index in [9.17, 15) is 4.57 Å². The van der Waals surface area contributed by atoms with Gasteiger partial charge in [0.1, 0.15) is 0 Å². The van der Waals surface area contributed by atoms with Crippen molar-refractivity contribution in [1.82, 2.24) is 0 Å². The largest absolute Gasteiger partial charge is 0.428 e. The van der Waals surface area contributed by atoms with E-state index in [1.807, 2.05) is 0 Å². The fourth-order valence-electron chi connectivity index (χ4n) is 0.466. The first-order valence-electron chi connectivity index (χ1n) is 3.63. The number of rotatable bonds is 6. The van der Waals surface area contributed by atoms with Gasteiger partial charge in [0.2, 0.25) is 0 Å². The number of hydrogen-bond donors (Lipinski definition) is 0. The third-order valence-corrected chi connectivity index (χ3v) is 2.79. The monoisotopic (exact) mass is 232 g/mol. The third kappa shape index (κ3) is 6.43. The summed E-state index contributed by atoms with van der Waals surface area (Å²) in [6, 6.07) is 0. The van der Waals surface area contributed by atoms with Crippen molar-refractivity contribution in [2.75, 3.05) is 14.2 Å². The Morgan fingerprint density at radius 1 is 1.08 bits per heavy atom. The summed E-state index contributed by atoms with van der Waals surface area (Å²) in [5.41, 5.74) is 0. The Kier molecular flexibility index (Phi) is 6.12. The molecule has 80 valence electrons. The van der Waals surface area contributed by atoms with E-state index in [1.54, 1.807) is 13.8 Å². The van der Waals surface area contributed by atoms with Crippen molar-refractivity contribution in [3.05, 3.63) is 0 Å². The normalized spacial score (nSPS) is 20.7. The standard InChI is InChI=1S/C6H14ClO5P/c1-5(9-3)11-13(7,8)12-6(2)10-4/h5-6H,1-4H3. The lowest BCUT2D eigenvalue weighted by atomic mass is 10.8. The van der Waals surface area contributed by atoms with Gasteiger partial charge < -0.3 is 9.47 Å². The summed E-state index contributed by atoms with van der Waals surface area (Å²) < 4.78 is 30.2. The van der Waals surface area contributed by atoms with E-state index < -0.39 is 19.5 Å². The summed E-state index contributed by atoms with van der Waals surface area (Å²) in [5, 5.41) is 0. The molecule has 0 saturated heterocycles. The van der Waals surface area contributed by atoms with Crippen molar-refractivity contribution in [3.8, 4) is 0 Å². The van der Waals surface area contributed by atoms with Gasteiger partial charge in [0.15, 0.2) is 12.6 Å². The molecule has 0 aliphatic rings. The molecule has 0 aromatic carbocycles. The molecule has 0 radical (unpaired) electrons. The van der Waals surface area contributed by atoms with Gasteiger partial charge in [0.25, 0.3) is 0 Å². The highest BCUT2D eigenvalue weighted by atomic mass is 35.7. The molecule has 0 saturated carbocycles. The Labute approximate surface area is 82.6 Å². The zero-order valence-corrected chi connectivity index (χ0v) is 9.67. The lowest BCUT2D eigenvalue weighted by Gasteiger charge is -2.18.